The maximum atomic E-state index is 12.4. The molecule has 4 nitrogen and oxygen atoms in total. The maximum Gasteiger partial charge on any atom is 0.255 e. The van der Waals surface area contributed by atoms with Gasteiger partial charge in [-0.2, -0.15) is 0 Å². The Morgan fingerprint density at radius 3 is 2.95 bits per heavy atom. The summed E-state index contributed by atoms with van der Waals surface area (Å²) in [7, 11) is 0. The van der Waals surface area contributed by atoms with E-state index in [0.29, 0.717) is 5.56 Å². The lowest BCUT2D eigenvalue weighted by Gasteiger charge is -2.17. The number of benzene rings is 1. The summed E-state index contributed by atoms with van der Waals surface area (Å²) in [4.78, 5) is 16.6. The molecular weight excluding hydrogens is 330 g/mol. The molecule has 1 aliphatic rings. The SMILES string of the molecule is Cc1nc(Br)ccc1NC(=O)c1ccc2c(c1)CNCC2. The van der Waals surface area contributed by atoms with Crippen molar-refractivity contribution < 1.29 is 4.79 Å². The van der Waals surface area contributed by atoms with Gasteiger partial charge in [-0.05, 0) is 71.2 Å². The lowest BCUT2D eigenvalue weighted by Crippen LogP contribution is -2.24. The molecule has 1 amide bonds. The van der Waals surface area contributed by atoms with Crippen LogP contribution in [0.5, 0.6) is 0 Å². The lowest BCUT2D eigenvalue weighted by molar-refractivity contribution is 0.102. The van der Waals surface area contributed by atoms with Gasteiger partial charge in [-0.1, -0.05) is 6.07 Å². The zero-order chi connectivity index (χ0) is 14.8. The Morgan fingerprint density at radius 2 is 2.14 bits per heavy atom. The fourth-order valence-corrected chi connectivity index (χ4v) is 2.88. The first kappa shape index (κ1) is 14.2. The number of anilines is 1. The molecule has 0 aliphatic carbocycles. The minimum absolute atomic E-state index is 0.101. The summed E-state index contributed by atoms with van der Waals surface area (Å²) in [6.07, 6.45) is 1.02. The van der Waals surface area contributed by atoms with Gasteiger partial charge in [0.05, 0.1) is 11.4 Å². The number of aromatic nitrogens is 1. The number of amides is 1. The standard InChI is InChI=1S/C16H16BrN3O/c1-10-14(4-5-15(17)19-10)20-16(21)12-3-2-11-6-7-18-9-13(11)8-12/h2-5,8,18H,6-7,9H2,1H3,(H,20,21). The highest BCUT2D eigenvalue weighted by Crippen LogP contribution is 2.19. The molecule has 0 fully saturated rings. The second kappa shape index (κ2) is 5.95. The van der Waals surface area contributed by atoms with E-state index in [1.165, 1.54) is 11.1 Å². The van der Waals surface area contributed by atoms with E-state index in [9.17, 15) is 4.79 Å². The molecule has 21 heavy (non-hydrogen) atoms. The molecule has 0 saturated carbocycles. The molecule has 0 radical (unpaired) electrons. The van der Waals surface area contributed by atoms with Gasteiger partial charge in [0, 0.05) is 12.1 Å². The normalized spacial score (nSPS) is 13.6. The number of rotatable bonds is 2. The maximum absolute atomic E-state index is 12.4. The minimum Gasteiger partial charge on any atom is -0.320 e. The van der Waals surface area contributed by atoms with Crippen LogP contribution in [0.4, 0.5) is 5.69 Å². The number of pyridine rings is 1. The highest BCUT2D eigenvalue weighted by atomic mass is 79.9. The molecule has 0 spiro atoms. The van der Waals surface area contributed by atoms with E-state index in [1.54, 1.807) is 0 Å². The van der Waals surface area contributed by atoms with E-state index in [-0.39, 0.29) is 5.91 Å². The topological polar surface area (TPSA) is 54.0 Å². The Bertz CT molecular complexity index is 700. The smallest absolute Gasteiger partial charge is 0.255 e. The Kier molecular flexibility index (Phi) is 4.03. The molecule has 1 aliphatic heterocycles. The van der Waals surface area contributed by atoms with Crippen LogP contribution in [0.2, 0.25) is 0 Å². The number of nitrogens with zero attached hydrogens (tertiary/aromatic N) is 1. The molecule has 1 aromatic carbocycles. The van der Waals surface area contributed by atoms with Gasteiger partial charge in [-0.25, -0.2) is 4.98 Å². The van der Waals surface area contributed by atoms with Crippen LogP contribution in [0.1, 0.15) is 27.2 Å². The van der Waals surface area contributed by atoms with Gasteiger partial charge in [-0.3, -0.25) is 4.79 Å². The summed E-state index contributed by atoms with van der Waals surface area (Å²) >= 11 is 3.32. The quantitative estimate of drug-likeness (QED) is 0.822. The number of aryl methyl sites for hydroxylation is 1. The molecule has 5 heteroatoms. The van der Waals surface area contributed by atoms with Crippen molar-refractivity contribution >= 4 is 27.5 Å². The molecule has 3 rings (SSSR count). The summed E-state index contributed by atoms with van der Waals surface area (Å²) in [5.74, 6) is -0.101. The summed E-state index contributed by atoms with van der Waals surface area (Å²) in [5, 5.41) is 6.24. The predicted octanol–water partition coefficient (Wildman–Crippen LogP) is 3.05. The Labute approximate surface area is 132 Å². The van der Waals surface area contributed by atoms with Crippen LogP contribution in [0, 0.1) is 6.92 Å². The van der Waals surface area contributed by atoms with Gasteiger partial charge in [0.1, 0.15) is 4.60 Å². The number of hydrogen-bond acceptors (Lipinski definition) is 3. The molecular formula is C16H16BrN3O. The second-order valence-electron chi connectivity index (χ2n) is 5.13. The van der Waals surface area contributed by atoms with E-state index < -0.39 is 0 Å². The number of carbonyl (C=O) groups excluding carboxylic acids is 1. The minimum atomic E-state index is -0.101. The zero-order valence-corrected chi connectivity index (χ0v) is 13.3. The number of nitrogens with one attached hydrogen (secondary N) is 2. The number of halogens is 1. The van der Waals surface area contributed by atoms with Crippen LogP contribution in [-0.4, -0.2) is 17.4 Å². The van der Waals surface area contributed by atoms with Crippen LogP contribution in [0.25, 0.3) is 0 Å². The van der Waals surface area contributed by atoms with E-state index >= 15 is 0 Å². The van der Waals surface area contributed by atoms with Crippen molar-refractivity contribution in [1.29, 1.82) is 0 Å². The average molecular weight is 346 g/mol. The first-order valence-electron chi connectivity index (χ1n) is 6.90. The van der Waals surface area contributed by atoms with Gasteiger partial charge < -0.3 is 10.6 Å². The average Bonchev–Trinajstić information content (AvgIpc) is 2.49. The van der Waals surface area contributed by atoms with Crippen LogP contribution in [0.15, 0.2) is 34.9 Å². The summed E-state index contributed by atoms with van der Waals surface area (Å²) in [6.45, 7) is 3.70. The van der Waals surface area contributed by atoms with Gasteiger partial charge in [-0.15, -0.1) is 0 Å². The largest absolute Gasteiger partial charge is 0.320 e. The van der Waals surface area contributed by atoms with Gasteiger partial charge in [0.2, 0.25) is 0 Å². The van der Waals surface area contributed by atoms with Gasteiger partial charge in [0.25, 0.3) is 5.91 Å². The third-order valence-corrected chi connectivity index (χ3v) is 4.10. The number of hydrogen-bond donors (Lipinski definition) is 2. The molecule has 0 unspecified atom stereocenters. The summed E-state index contributed by atoms with van der Waals surface area (Å²) in [6, 6.07) is 9.58. The van der Waals surface area contributed by atoms with Crippen LogP contribution in [-0.2, 0) is 13.0 Å². The Hall–Kier alpha value is -1.72. The molecule has 108 valence electrons. The van der Waals surface area contributed by atoms with Gasteiger partial charge in [0.15, 0.2) is 0 Å². The van der Waals surface area contributed by atoms with Crippen LogP contribution >= 0.6 is 15.9 Å². The third kappa shape index (κ3) is 3.14. The van der Waals surface area contributed by atoms with E-state index in [0.717, 1.165) is 35.5 Å². The van der Waals surface area contributed by atoms with Crippen molar-refractivity contribution in [2.45, 2.75) is 19.9 Å². The zero-order valence-electron chi connectivity index (χ0n) is 11.7. The van der Waals surface area contributed by atoms with Crippen molar-refractivity contribution in [2.75, 3.05) is 11.9 Å². The van der Waals surface area contributed by atoms with Gasteiger partial charge >= 0.3 is 0 Å². The Morgan fingerprint density at radius 1 is 1.29 bits per heavy atom. The van der Waals surface area contributed by atoms with E-state index in [1.807, 2.05) is 31.2 Å². The fourth-order valence-electron chi connectivity index (χ4n) is 2.48. The van der Waals surface area contributed by atoms with Crippen molar-refractivity contribution in [2.24, 2.45) is 0 Å². The fraction of sp³-hybridized carbons (Fsp3) is 0.250. The first-order chi connectivity index (χ1) is 10.1. The summed E-state index contributed by atoms with van der Waals surface area (Å²) in [5.41, 5.74) is 4.74. The first-order valence-corrected chi connectivity index (χ1v) is 7.70. The molecule has 2 N–H and O–H groups in total. The highest BCUT2D eigenvalue weighted by Gasteiger charge is 2.13. The third-order valence-electron chi connectivity index (χ3n) is 3.66. The van der Waals surface area contributed by atoms with E-state index in [4.69, 9.17) is 0 Å². The van der Waals surface area contributed by atoms with Crippen molar-refractivity contribution in [3.63, 3.8) is 0 Å². The van der Waals surface area contributed by atoms with Crippen LogP contribution < -0.4 is 10.6 Å². The van der Waals surface area contributed by atoms with Crippen molar-refractivity contribution in [3.05, 3.63) is 57.3 Å². The summed E-state index contributed by atoms with van der Waals surface area (Å²) < 4.78 is 0.762. The van der Waals surface area contributed by atoms with E-state index in [2.05, 4.69) is 37.6 Å². The number of fused-ring (bicyclic) bond motifs is 1. The molecule has 1 aromatic heterocycles. The number of carbonyl (C=O) groups is 1. The van der Waals surface area contributed by atoms with Crippen LogP contribution in [0.3, 0.4) is 0 Å². The molecule has 0 saturated heterocycles. The second-order valence-corrected chi connectivity index (χ2v) is 5.94. The monoisotopic (exact) mass is 345 g/mol. The lowest BCUT2D eigenvalue weighted by atomic mass is 9.98. The molecule has 0 atom stereocenters. The molecule has 2 aromatic rings. The van der Waals surface area contributed by atoms with Crippen molar-refractivity contribution in [3.8, 4) is 0 Å². The van der Waals surface area contributed by atoms with Crippen molar-refractivity contribution in [1.82, 2.24) is 10.3 Å². The molecule has 2 heterocycles. The highest BCUT2D eigenvalue weighted by molar-refractivity contribution is 9.10. The Balaban J connectivity index is 1.82. The predicted molar refractivity (Wildman–Crippen MR) is 86.5 cm³/mol. The molecule has 0 bridgehead atoms.